The molecule has 82 valence electrons. The van der Waals surface area contributed by atoms with Crippen molar-refractivity contribution in [2.24, 2.45) is 5.73 Å². The van der Waals surface area contributed by atoms with Crippen molar-refractivity contribution in [1.29, 1.82) is 0 Å². The van der Waals surface area contributed by atoms with Crippen LogP contribution >= 0.6 is 23.4 Å². The molecule has 4 heteroatoms. The average molecular weight is 251 g/mol. The van der Waals surface area contributed by atoms with Crippen LogP contribution in [0.3, 0.4) is 0 Å². The quantitative estimate of drug-likeness (QED) is 0.908. The van der Waals surface area contributed by atoms with E-state index in [2.05, 4.69) is 4.98 Å². The second-order valence-corrected chi connectivity index (χ2v) is 4.83. The fraction of sp³-hybridized carbons (Fsp3) is 0.0833. The molecule has 0 aliphatic rings. The Kier molecular flexibility index (Phi) is 3.83. The largest absolute Gasteiger partial charge is 0.325 e. The SMILES string of the molecule is NCc1ccc(Sc2ccc(Cl)cc2)cn1. The molecular formula is C12H11ClN2S. The van der Waals surface area contributed by atoms with Crippen LogP contribution in [0.5, 0.6) is 0 Å². The second kappa shape index (κ2) is 5.34. The Morgan fingerprint density at radius 2 is 1.75 bits per heavy atom. The van der Waals surface area contributed by atoms with E-state index in [-0.39, 0.29) is 0 Å². The summed E-state index contributed by atoms with van der Waals surface area (Å²) in [6.07, 6.45) is 1.83. The monoisotopic (exact) mass is 250 g/mol. The van der Waals surface area contributed by atoms with Gasteiger partial charge in [0.05, 0.1) is 5.69 Å². The Labute approximate surface area is 104 Å². The minimum Gasteiger partial charge on any atom is -0.325 e. The van der Waals surface area contributed by atoms with E-state index in [9.17, 15) is 0 Å². The van der Waals surface area contributed by atoms with Crippen LogP contribution in [0.25, 0.3) is 0 Å². The van der Waals surface area contributed by atoms with Crippen LogP contribution in [-0.4, -0.2) is 4.98 Å². The van der Waals surface area contributed by atoms with Gasteiger partial charge >= 0.3 is 0 Å². The van der Waals surface area contributed by atoms with Gasteiger partial charge in [-0.2, -0.15) is 0 Å². The summed E-state index contributed by atoms with van der Waals surface area (Å²) in [4.78, 5) is 6.48. The first-order chi connectivity index (χ1) is 7.78. The normalized spacial score (nSPS) is 10.4. The molecule has 0 fully saturated rings. The Bertz CT molecular complexity index is 453. The third-order valence-electron chi connectivity index (χ3n) is 2.06. The molecule has 0 amide bonds. The highest BCUT2D eigenvalue weighted by atomic mass is 35.5. The standard InChI is InChI=1S/C12H11ClN2S/c13-9-1-4-11(5-2-9)16-12-6-3-10(7-14)15-8-12/h1-6,8H,7,14H2. The highest BCUT2D eigenvalue weighted by Crippen LogP contribution is 2.27. The number of rotatable bonds is 3. The first-order valence-corrected chi connectivity index (χ1v) is 6.06. The van der Waals surface area contributed by atoms with Gasteiger partial charge in [0.1, 0.15) is 0 Å². The third kappa shape index (κ3) is 2.98. The van der Waals surface area contributed by atoms with Crippen molar-refractivity contribution < 1.29 is 0 Å². The number of nitrogens with zero attached hydrogens (tertiary/aromatic N) is 1. The number of nitrogens with two attached hydrogens (primary N) is 1. The van der Waals surface area contributed by atoms with E-state index in [4.69, 9.17) is 17.3 Å². The fourth-order valence-corrected chi connectivity index (χ4v) is 2.14. The van der Waals surface area contributed by atoms with Crippen LogP contribution in [0.2, 0.25) is 5.02 Å². The zero-order valence-electron chi connectivity index (χ0n) is 8.56. The lowest BCUT2D eigenvalue weighted by atomic mass is 10.3. The van der Waals surface area contributed by atoms with E-state index < -0.39 is 0 Å². The molecule has 1 aromatic heterocycles. The summed E-state index contributed by atoms with van der Waals surface area (Å²) < 4.78 is 0. The van der Waals surface area contributed by atoms with E-state index in [0.29, 0.717) is 6.54 Å². The number of hydrogen-bond donors (Lipinski definition) is 1. The van der Waals surface area contributed by atoms with Crippen LogP contribution in [-0.2, 0) is 6.54 Å². The molecule has 2 rings (SSSR count). The van der Waals surface area contributed by atoms with Crippen molar-refractivity contribution in [3.63, 3.8) is 0 Å². The van der Waals surface area contributed by atoms with E-state index in [0.717, 1.165) is 20.5 Å². The molecular weight excluding hydrogens is 240 g/mol. The van der Waals surface area contributed by atoms with Gasteiger partial charge in [0.15, 0.2) is 0 Å². The van der Waals surface area contributed by atoms with Gasteiger partial charge in [-0.15, -0.1) is 0 Å². The average Bonchev–Trinajstić information content (AvgIpc) is 2.33. The van der Waals surface area contributed by atoms with Crippen molar-refractivity contribution in [2.75, 3.05) is 0 Å². The number of halogens is 1. The molecule has 0 aliphatic carbocycles. The molecule has 16 heavy (non-hydrogen) atoms. The maximum absolute atomic E-state index is 5.82. The van der Waals surface area contributed by atoms with Crippen LogP contribution in [0, 0.1) is 0 Å². The Morgan fingerprint density at radius 1 is 1.06 bits per heavy atom. The van der Waals surface area contributed by atoms with Crippen molar-refractivity contribution in [1.82, 2.24) is 4.98 Å². The summed E-state index contributed by atoms with van der Waals surface area (Å²) >= 11 is 7.47. The number of aromatic nitrogens is 1. The Balaban J connectivity index is 2.11. The van der Waals surface area contributed by atoms with Crippen molar-refractivity contribution in [3.05, 3.63) is 53.3 Å². The maximum Gasteiger partial charge on any atom is 0.0540 e. The minimum atomic E-state index is 0.478. The zero-order chi connectivity index (χ0) is 11.4. The highest BCUT2D eigenvalue weighted by molar-refractivity contribution is 7.99. The van der Waals surface area contributed by atoms with Gasteiger partial charge in [-0.25, -0.2) is 0 Å². The van der Waals surface area contributed by atoms with Crippen molar-refractivity contribution >= 4 is 23.4 Å². The smallest absolute Gasteiger partial charge is 0.0540 e. The summed E-state index contributed by atoms with van der Waals surface area (Å²) in [5.41, 5.74) is 6.39. The van der Waals surface area contributed by atoms with Crippen LogP contribution in [0.1, 0.15) is 5.69 Å². The molecule has 0 radical (unpaired) electrons. The lowest BCUT2D eigenvalue weighted by molar-refractivity contribution is 0.977. The molecule has 0 bridgehead atoms. The third-order valence-corrected chi connectivity index (χ3v) is 3.29. The molecule has 2 aromatic rings. The minimum absolute atomic E-state index is 0.478. The van der Waals surface area contributed by atoms with Crippen LogP contribution < -0.4 is 5.73 Å². The summed E-state index contributed by atoms with van der Waals surface area (Å²) in [5, 5.41) is 0.751. The number of benzene rings is 1. The van der Waals surface area contributed by atoms with E-state index in [1.165, 1.54) is 0 Å². The van der Waals surface area contributed by atoms with Gasteiger partial charge in [0.2, 0.25) is 0 Å². The molecule has 0 unspecified atom stereocenters. The second-order valence-electron chi connectivity index (χ2n) is 3.25. The van der Waals surface area contributed by atoms with Gasteiger partial charge in [-0.05, 0) is 36.4 Å². The van der Waals surface area contributed by atoms with Gasteiger partial charge in [-0.1, -0.05) is 23.4 Å². The predicted octanol–water partition coefficient (Wildman–Crippen LogP) is 3.34. The molecule has 1 heterocycles. The summed E-state index contributed by atoms with van der Waals surface area (Å²) in [5.74, 6) is 0. The first-order valence-electron chi connectivity index (χ1n) is 4.86. The van der Waals surface area contributed by atoms with E-state index >= 15 is 0 Å². The van der Waals surface area contributed by atoms with Gasteiger partial charge in [0.25, 0.3) is 0 Å². The van der Waals surface area contributed by atoms with Crippen molar-refractivity contribution in [3.8, 4) is 0 Å². The first kappa shape index (κ1) is 11.5. The maximum atomic E-state index is 5.82. The van der Waals surface area contributed by atoms with Gasteiger partial charge < -0.3 is 5.73 Å². The van der Waals surface area contributed by atoms with Gasteiger partial charge in [-0.3, -0.25) is 4.98 Å². The Morgan fingerprint density at radius 3 is 2.31 bits per heavy atom. The molecule has 2 nitrogen and oxygen atoms in total. The van der Waals surface area contributed by atoms with E-state index in [1.54, 1.807) is 11.8 Å². The summed E-state index contributed by atoms with van der Waals surface area (Å²) in [7, 11) is 0. The lowest BCUT2D eigenvalue weighted by Crippen LogP contribution is -1.98. The molecule has 0 aliphatic heterocycles. The zero-order valence-corrected chi connectivity index (χ0v) is 10.1. The van der Waals surface area contributed by atoms with Gasteiger partial charge in [0, 0.05) is 27.6 Å². The molecule has 0 spiro atoms. The Hall–Kier alpha value is -1.03. The predicted molar refractivity (Wildman–Crippen MR) is 67.7 cm³/mol. The summed E-state index contributed by atoms with van der Waals surface area (Å²) in [6.45, 7) is 0.478. The highest BCUT2D eigenvalue weighted by Gasteiger charge is 1.98. The van der Waals surface area contributed by atoms with Crippen molar-refractivity contribution in [2.45, 2.75) is 16.3 Å². The molecule has 0 atom stereocenters. The number of hydrogen-bond acceptors (Lipinski definition) is 3. The van der Waals surface area contributed by atoms with Crippen LogP contribution in [0.15, 0.2) is 52.4 Å². The van der Waals surface area contributed by atoms with Crippen LogP contribution in [0.4, 0.5) is 0 Å². The van der Waals surface area contributed by atoms with E-state index in [1.807, 2.05) is 42.6 Å². The lowest BCUT2D eigenvalue weighted by Gasteiger charge is -2.02. The molecule has 0 saturated carbocycles. The number of pyridine rings is 1. The topological polar surface area (TPSA) is 38.9 Å². The molecule has 1 aromatic carbocycles. The summed E-state index contributed by atoms with van der Waals surface area (Å²) in [6, 6.07) is 11.7. The molecule has 2 N–H and O–H groups in total. The molecule has 0 saturated heterocycles. The fourth-order valence-electron chi connectivity index (χ4n) is 1.23.